The molecule has 0 aromatic rings. The van der Waals surface area contributed by atoms with Gasteiger partial charge in [-0.15, -0.1) is 0 Å². The van der Waals surface area contributed by atoms with E-state index in [9.17, 15) is 9.59 Å². The van der Waals surface area contributed by atoms with Crippen LogP contribution in [0.4, 0.5) is 9.59 Å². The zero-order valence-corrected chi connectivity index (χ0v) is 23.7. The van der Waals surface area contributed by atoms with Crippen molar-refractivity contribution < 1.29 is 14.3 Å². The highest BCUT2D eigenvalue weighted by atomic mass is 127. The second-order valence-corrected chi connectivity index (χ2v) is 9.59. The number of imide groups is 1. The Bertz CT molecular complexity index is 484. The first-order chi connectivity index (χ1) is 16.0. The van der Waals surface area contributed by atoms with E-state index in [1.807, 2.05) is 21.1 Å². The standard InChI is InChI=1S/C24H50IN5O3/c1-5-6-7-8-9-10-11-12-13-14-15-16-17-18-21-33-23(32)30(25)22(31)29-20-19-24(26-2,27-3)28-4/h26-28H,5-21H2,1-4H3,(H,29,31). The quantitative estimate of drug-likeness (QED) is 0.0603. The minimum Gasteiger partial charge on any atom is -0.449 e. The van der Waals surface area contributed by atoms with E-state index in [0.717, 1.165) is 16.0 Å². The Labute approximate surface area is 216 Å². The van der Waals surface area contributed by atoms with Crippen molar-refractivity contribution in [3.05, 3.63) is 0 Å². The number of nitrogens with zero attached hydrogens (tertiary/aromatic N) is 1. The molecule has 0 atom stereocenters. The van der Waals surface area contributed by atoms with Crippen LogP contribution in [-0.4, -0.2) is 55.3 Å². The molecular formula is C24H50IN5O3. The van der Waals surface area contributed by atoms with Crippen LogP contribution in [0.15, 0.2) is 0 Å². The third kappa shape index (κ3) is 16.6. The number of hydrogen-bond acceptors (Lipinski definition) is 6. The molecule has 0 radical (unpaired) electrons. The van der Waals surface area contributed by atoms with Gasteiger partial charge in [0.25, 0.3) is 0 Å². The monoisotopic (exact) mass is 583 g/mol. The average Bonchev–Trinajstić information content (AvgIpc) is 2.83. The van der Waals surface area contributed by atoms with Crippen molar-refractivity contribution in [3.63, 3.8) is 0 Å². The van der Waals surface area contributed by atoms with E-state index in [0.29, 0.717) is 19.6 Å². The van der Waals surface area contributed by atoms with Crippen LogP contribution in [0.5, 0.6) is 0 Å². The smallest absolute Gasteiger partial charge is 0.427 e. The summed E-state index contributed by atoms with van der Waals surface area (Å²) in [5.41, 5.74) is 0. The minimum atomic E-state index is -0.620. The number of urea groups is 1. The molecule has 0 aliphatic carbocycles. The molecule has 0 aliphatic rings. The summed E-state index contributed by atoms with van der Waals surface area (Å²) >= 11 is 1.68. The number of carbonyl (C=O) groups excluding carboxylic acids is 2. The van der Waals surface area contributed by atoms with Gasteiger partial charge in [0.1, 0.15) is 5.79 Å². The molecule has 0 aromatic carbocycles. The number of rotatable bonds is 21. The highest BCUT2D eigenvalue weighted by Crippen LogP contribution is 2.13. The summed E-state index contributed by atoms with van der Waals surface area (Å²) in [5, 5.41) is 12.1. The SMILES string of the molecule is CCCCCCCCCCCCCCCCOC(=O)N(I)C(=O)NCCC(NC)(NC)NC. The predicted molar refractivity (Wildman–Crippen MR) is 145 cm³/mol. The summed E-state index contributed by atoms with van der Waals surface area (Å²) in [4.78, 5) is 24.2. The van der Waals surface area contributed by atoms with Gasteiger partial charge in [-0.3, -0.25) is 16.0 Å². The Morgan fingerprint density at radius 2 is 1.18 bits per heavy atom. The molecule has 0 bridgehead atoms. The molecule has 0 unspecified atom stereocenters. The van der Waals surface area contributed by atoms with E-state index in [1.165, 1.54) is 77.0 Å². The van der Waals surface area contributed by atoms with Crippen LogP contribution in [0.1, 0.15) is 103 Å². The maximum absolute atomic E-state index is 12.1. The number of nitrogens with one attached hydrogen (secondary N) is 4. The molecule has 0 saturated heterocycles. The maximum Gasteiger partial charge on any atom is 0.427 e. The minimum absolute atomic E-state index is 0.353. The van der Waals surface area contributed by atoms with Gasteiger partial charge in [-0.2, -0.15) is 3.11 Å². The number of ether oxygens (including phenoxy) is 1. The molecule has 3 amide bonds. The van der Waals surface area contributed by atoms with Crippen molar-refractivity contribution >= 4 is 35.0 Å². The van der Waals surface area contributed by atoms with E-state index in [4.69, 9.17) is 4.74 Å². The van der Waals surface area contributed by atoms with Crippen LogP contribution in [0.2, 0.25) is 0 Å². The van der Waals surface area contributed by atoms with Gasteiger partial charge in [0.2, 0.25) is 0 Å². The van der Waals surface area contributed by atoms with Crippen LogP contribution < -0.4 is 21.3 Å². The lowest BCUT2D eigenvalue weighted by Gasteiger charge is -2.33. The molecule has 0 rings (SSSR count). The molecule has 33 heavy (non-hydrogen) atoms. The summed E-state index contributed by atoms with van der Waals surface area (Å²) in [6.07, 6.45) is 18.0. The van der Waals surface area contributed by atoms with Crippen LogP contribution in [-0.2, 0) is 4.74 Å². The van der Waals surface area contributed by atoms with E-state index in [-0.39, 0.29) is 0 Å². The first-order valence-corrected chi connectivity index (χ1v) is 13.9. The molecule has 4 N–H and O–H groups in total. The maximum atomic E-state index is 12.1. The molecule has 0 fully saturated rings. The van der Waals surface area contributed by atoms with Crippen molar-refractivity contribution in [2.24, 2.45) is 0 Å². The van der Waals surface area contributed by atoms with Crippen molar-refractivity contribution in [2.75, 3.05) is 34.3 Å². The number of halogens is 1. The summed E-state index contributed by atoms with van der Waals surface area (Å²) in [6, 6.07) is -0.473. The molecule has 0 aromatic heterocycles. The van der Waals surface area contributed by atoms with Crippen molar-refractivity contribution in [3.8, 4) is 0 Å². The predicted octanol–water partition coefficient (Wildman–Crippen LogP) is 5.67. The molecule has 0 heterocycles. The van der Waals surface area contributed by atoms with E-state index in [1.54, 1.807) is 22.9 Å². The molecule has 8 nitrogen and oxygen atoms in total. The molecule has 0 saturated carbocycles. The fourth-order valence-corrected chi connectivity index (χ4v) is 4.08. The fourth-order valence-electron chi connectivity index (χ4n) is 3.77. The Morgan fingerprint density at radius 1 is 0.758 bits per heavy atom. The largest absolute Gasteiger partial charge is 0.449 e. The highest BCUT2D eigenvalue weighted by molar-refractivity contribution is 14.1. The Hall–Kier alpha value is -0.650. The molecular weight excluding hydrogens is 533 g/mol. The summed E-state index contributed by atoms with van der Waals surface area (Å²) < 4.78 is 6.18. The van der Waals surface area contributed by atoms with Gasteiger partial charge >= 0.3 is 12.1 Å². The van der Waals surface area contributed by atoms with Crippen molar-refractivity contribution in [1.29, 1.82) is 0 Å². The normalized spacial score (nSPS) is 11.4. The van der Waals surface area contributed by atoms with Gasteiger partial charge in [-0.05, 0) is 27.6 Å². The zero-order valence-electron chi connectivity index (χ0n) is 21.6. The Kier molecular flexibility index (Phi) is 21.4. The van der Waals surface area contributed by atoms with E-state index in [2.05, 4.69) is 28.2 Å². The van der Waals surface area contributed by atoms with Gasteiger partial charge in [0, 0.05) is 13.0 Å². The first kappa shape index (κ1) is 32.4. The van der Waals surface area contributed by atoms with Gasteiger partial charge in [-0.25, -0.2) is 9.59 Å². The highest BCUT2D eigenvalue weighted by Gasteiger charge is 2.25. The van der Waals surface area contributed by atoms with E-state index < -0.39 is 17.9 Å². The van der Waals surface area contributed by atoms with Crippen LogP contribution in [0.3, 0.4) is 0 Å². The summed E-state index contributed by atoms with van der Waals surface area (Å²) in [7, 11) is 5.48. The third-order valence-corrected chi connectivity index (χ3v) is 6.95. The molecule has 196 valence electrons. The summed E-state index contributed by atoms with van der Waals surface area (Å²) in [6.45, 7) is 3.01. The second-order valence-electron chi connectivity index (χ2n) is 8.63. The van der Waals surface area contributed by atoms with Crippen LogP contribution >= 0.6 is 22.9 Å². The average molecular weight is 584 g/mol. The van der Waals surface area contributed by atoms with Gasteiger partial charge in [0.15, 0.2) is 0 Å². The lowest BCUT2D eigenvalue weighted by atomic mass is 10.0. The topological polar surface area (TPSA) is 94.7 Å². The third-order valence-electron chi connectivity index (χ3n) is 6.12. The fraction of sp³-hybridized carbons (Fsp3) is 0.917. The van der Waals surface area contributed by atoms with Gasteiger partial charge in [0.05, 0.1) is 29.5 Å². The molecule has 0 spiro atoms. The number of unbranched alkanes of at least 4 members (excludes halogenated alkanes) is 13. The zero-order chi connectivity index (χ0) is 24.8. The van der Waals surface area contributed by atoms with E-state index >= 15 is 0 Å². The van der Waals surface area contributed by atoms with Gasteiger partial charge < -0.3 is 10.1 Å². The Morgan fingerprint density at radius 3 is 1.61 bits per heavy atom. The number of hydrogen-bond donors (Lipinski definition) is 4. The van der Waals surface area contributed by atoms with Gasteiger partial charge in [-0.1, -0.05) is 90.4 Å². The summed E-state index contributed by atoms with van der Waals surface area (Å²) in [5.74, 6) is -0.474. The first-order valence-electron chi connectivity index (χ1n) is 12.9. The van der Waals surface area contributed by atoms with Crippen molar-refractivity contribution in [1.82, 2.24) is 24.4 Å². The second kappa shape index (κ2) is 21.9. The van der Waals surface area contributed by atoms with Crippen LogP contribution in [0.25, 0.3) is 0 Å². The lowest BCUT2D eigenvalue weighted by molar-refractivity contribution is 0.131. The number of carbonyl (C=O) groups is 2. The number of amides is 3. The Balaban J connectivity index is 3.64. The molecule has 9 heteroatoms. The van der Waals surface area contributed by atoms with Crippen molar-refractivity contribution in [2.45, 2.75) is 109 Å². The lowest BCUT2D eigenvalue weighted by Crippen LogP contribution is -2.64. The van der Waals surface area contributed by atoms with Crippen LogP contribution in [0, 0.1) is 0 Å². The molecule has 0 aliphatic heterocycles.